The first-order valence-corrected chi connectivity index (χ1v) is 7.74. The summed E-state index contributed by atoms with van der Waals surface area (Å²) in [6.45, 7) is 3.46. The molecule has 1 aliphatic carbocycles. The van der Waals surface area contributed by atoms with Crippen molar-refractivity contribution in [3.63, 3.8) is 0 Å². The summed E-state index contributed by atoms with van der Waals surface area (Å²) in [7, 11) is 0. The van der Waals surface area contributed by atoms with Crippen LogP contribution < -0.4 is 5.32 Å². The molecule has 0 bridgehead atoms. The van der Waals surface area contributed by atoms with E-state index in [9.17, 15) is 14.7 Å². The van der Waals surface area contributed by atoms with Gasteiger partial charge in [-0.15, -0.1) is 0 Å². The van der Waals surface area contributed by atoms with Crippen molar-refractivity contribution in [2.45, 2.75) is 51.6 Å². The normalized spacial score (nSPS) is 33.2. The van der Waals surface area contributed by atoms with Crippen molar-refractivity contribution < 1.29 is 19.4 Å². The number of nitrogens with one attached hydrogen (secondary N) is 1. The Morgan fingerprint density at radius 3 is 2.65 bits per heavy atom. The van der Waals surface area contributed by atoms with Gasteiger partial charge >= 0.3 is 5.97 Å². The van der Waals surface area contributed by atoms with Crippen LogP contribution in [0.15, 0.2) is 0 Å². The largest absolute Gasteiger partial charge is 0.481 e. The molecule has 0 radical (unpaired) electrons. The molecule has 1 heterocycles. The van der Waals surface area contributed by atoms with Crippen molar-refractivity contribution in [3.05, 3.63) is 0 Å². The highest BCUT2D eigenvalue weighted by atomic mass is 16.5. The minimum Gasteiger partial charge on any atom is -0.481 e. The van der Waals surface area contributed by atoms with Crippen molar-refractivity contribution in [1.82, 2.24) is 5.32 Å². The Morgan fingerprint density at radius 2 is 2.05 bits per heavy atom. The number of carboxylic acids is 1. The van der Waals surface area contributed by atoms with Crippen LogP contribution in [0.3, 0.4) is 0 Å². The summed E-state index contributed by atoms with van der Waals surface area (Å²) >= 11 is 0. The lowest BCUT2D eigenvalue weighted by atomic mass is 9.95. The van der Waals surface area contributed by atoms with Crippen molar-refractivity contribution in [2.75, 3.05) is 13.2 Å². The highest BCUT2D eigenvalue weighted by Crippen LogP contribution is 2.38. The predicted octanol–water partition coefficient (Wildman–Crippen LogP) is 1.81. The predicted molar refractivity (Wildman–Crippen MR) is 74.2 cm³/mol. The fourth-order valence-corrected chi connectivity index (χ4v) is 3.40. The minimum atomic E-state index is -0.833. The first-order valence-electron chi connectivity index (χ1n) is 7.74. The molecule has 2 aliphatic rings. The molecule has 4 atom stereocenters. The van der Waals surface area contributed by atoms with Gasteiger partial charge in [-0.1, -0.05) is 13.3 Å². The van der Waals surface area contributed by atoms with E-state index in [1.807, 2.05) is 0 Å². The number of amides is 1. The first-order chi connectivity index (χ1) is 9.61. The van der Waals surface area contributed by atoms with E-state index in [-0.39, 0.29) is 17.9 Å². The van der Waals surface area contributed by atoms with Crippen molar-refractivity contribution in [3.8, 4) is 0 Å². The maximum absolute atomic E-state index is 12.2. The Hall–Kier alpha value is -1.10. The molecule has 5 nitrogen and oxygen atoms in total. The van der Waals surface area contributed by atoms with E-state index in [1.54, 1.807) is 0 Å². The number of hydrogen-bond acceptors (Lipinski definition) is 3. The second-order valence-electron chi connectivity index (χ2n) is 6.01. The molecule has 1 amide bonds. The quantitative estimate of drug-likeness (QED) is 0.779. The molecule has 2 rings (SSSR count). The van der Waals surface area contributed by atoms with Gasteiger partial charge in [0, 0.05) is 13.2 Å². The number of carboxylic acid groups (broad SMARTS) is 1. The van der Waals surface area contributed by atoms with Crippen molar-refractivity contribution in [2.24, 2.45) is 17.8 Å². The topological polar surface area (TPSA) is 75.6 Å². The average Bonchev–Trinajstić information content (AvgIpc) is 3.07. The lowest BCUT2D eigenvalue weighted by molar-refractivity contribution is -0.146. The Labute approximate surface area is 120 Å². The summed E-state index contributed by atoms with van der Waals surface area (Å²) in [5.41, 5.74) is 0. The summed E-state index contributed by atoms with van der Waals surface area (Å²) in [6.07, 6.45) is 5.54. The molecule has 1 saturated carbocycles. The lowest BCUT2D eigenvalue weighted by Gasteiger charge is -2.16. The van der Waals surface area contributed by atoms with E-state index in [2.05, 4.69) is 12.2 Å². The molecular formula is C15H25NO4. The van der Waals surface area contributed by atoms with Crippen LogP contribution in [-0.4, -0.2) is 36.2 Å². The number of hydrogen-bond donors (Lipinski definition) is 2. The van der Waals surface area contributed by atoms with Crippen LogP contribution in [0.1, 0.15) is 45.4 Å². The fraction of sp³-hybridized carbons (Fsp3) is 0.867. The van der Waals surface area contributed by atoms with E-state index >= 15 is 0 Å². The van der Waals surface area contributed by atoms with E-state index in [4.69, 9.17) is 4.74 Å². The molecule has 114 valence electrons. The second kappa shape index (κ2) is 7.07. The summed E-state index contributed by atoms with van der Waals surface area (Å²) in [5.74, 6) is -1.43. The molecule has 1 aliphatic heterocycles. The van der Waals surface area contributed by atoms with Crippen LogP contribution in [0.4, 0.5) is 0 Å². The zero-order valence-corrected chi connectivity index (χ0v) is 12.1. The smallest absolute Gasteiger partial charge is 0.307 e. The van der Waals surface area contributed by atoms with E-state index < -0.39 is 11.9 Å². The summed E-state index contributed by atoms with van der Waals surface area (Å²) < 4.78 is 5.51. The average molecular weight is 283 g/mol. The number of carbonyl (C=O) groups excluding carboxylic acids is 1. The molecule has 1 saturated heterocycles. The molecule has 20 heavy (non-hydrogen) atoms. The van der Waals surface area contributed by atoms with Crippen LogP contribution in [-0.2, 0) is 14.3 Å². The Bertz CT molecular complexity index is 352. The zero-order chi connectivity index (χ0) is 14.5. The van der Waals surface area contributed by atoms with E-state index in [0.717, 1.165) is 32.3 Å². The number of rotatable bonds is 6. The molecule has 0 spiro atoms. The third kappa shape index (κ3) is 3.72. The van der Waals surface area contributed by atoms with Gasteiger partial charge in [0.25, 0.3) is 0 Å². The molecule has 5 heteroatoms. The zero-order valence-electron chi connectivity index (χ0n) is 12.1. The standard InChI is InChI=1S/C15H25NO4/c1-2-10-8-12(13(9-10)15(18)19)14(17)16-6-5-11-4-3-7-20-11/h10-13H,2-9H2,1H3,(H,16,17)(H,18,19)/t10?,11?,12-,13+/m0/s1. The van der Waals surface area contributed by atoms with Gasteiger partial charge in [0.05, 0.1) is 17.9 Å². The lowest BCUT2D eigenvalue weighted by Crippen LogP contribution is -2.36. The monoisotopic (exact) mass is 283 g/mol. The number of ether oxygens (including phenoxy) is 1. The van der Waals surface area contributed by atoms with Gasteiger partial charge in [-0.3, -0.25) is 9.59 Å². The van der Waals surface area contributed by atoms with Gasteiger partial charge in [-0.05, 0) is 38.0 Å². The summed E-state index contributed by atoms with van der Waals surface area (Å²) in [5, 5.41) is 12.1. The van der Waals surface area contributed by atoms with Crippen molar-refractivity contribution in [1.29, 1.82) is 0 Å². The molecule has 2 fully saturated rings. The minimum absolute atomic E-state index is 0.0913. The van der Waals surface area contributed by atoms with Gasteiger partial charge in [-0.25, -0.2) is 0 Å². The molecule has 0 aromatic rings. The Balaban J connectivity index is 1.79. The molecule has 0 aromatic carbocycles. The van der Waals surface area contributed by atoms with Gasteiger partial charge < -0.3 is 15.2 Å². The van der Waals surface area contributed by atoms with E-state index in [0.29, 0.717) is 25.3 Å². The SMILES string of the molecule is CCC1C[C@H](C(=O)NCCC2CCCO2)[C@H](C(=O)O)C1. The second-order valence-corrected chi connectivity index (χ2v) is 6.01. The molecule has 2 N–H and O–H groups in total. The number of aliphatic carboxylic acids is 1. The maximum Gasteiger partial charge on any atom is 0.307 e. The van der Waals surface area contributed by atoms with Crippen LogP contribution in [0.2, 0.25) is 0 Å². The van der Waals surface area contributed by atoms with E-state index in [1.165, 1.54) is 0 Å². The van der Waals surface area contributed by atoms with Crippen LogP contribution >= 0.6 is 0 Å². The maximum atomic E-state index is 12.2. The molecule has 0 aromatic heterocycles. The fourth-order valence-electron chi connectivity index (χ4n) is 3.40. The summed E-state index contributed by atoms with van der Waals surface area (Å²) in [4.78, 5) is 23.4. The summed E-state index contributed by atoms with van der Waals surface area (Å²) in [6, 6.07) is 0. The number of carbonyl (C=O) groups is 2. The first kappa shape index (κ1) is 15.3. The van der Waals surface area contributed by atoms with Crippen LogP contribution in [0.5, 0.6) is 0 Å². The third-order valence-corrected chi connectivity index (χ3v) is 4.68. The molecule has 2 unspecified atom stereocenters. The van der Waals surface area contributed by atoms with Gasteiger partial charge in [-0.2, -0.15) is 0 Å². The van der Waals surface area contributed by atoms with Crippen LogP contribution in [0.25, 0.3) is 0 Å². The highest BCUT2D eigenvalue weighted by Gasteiger charge is 2.41. The Kier molecular flexibility index (Phi) is 5.40. The van der Waals surface area contributed by atoms with Gasteiger partial charge in [0.2, 0.25) is 5.91 Å². The van der Waals surface area contributed by atoms with Gasteiger partial charge in [0.15, 0.2) is 0 Å². The van der Waals surface area contributed by atoms with Gasteiger partial charge in [0.1, 0.15) is 0 Å². The van der Waals surface area contributed by atoms with Crippen molar-refractivity contribution >= 4 is 11.9 Å². The Morgan fingerprint density at radius 1 is 1.30 bits per heavy atom. The third-order valence-electron chi connectivity index (χ3n) is 4.68. The molecular weight excluding hydrogens is 258 g/mol. The highest BCUT2D eigenvalue weighted by molar-refractivity contribution is 5.85. The van der Waals surface area contributed by atoms with Crippen LogP contribution in [0, 0.1) is 17.8 Å².